The molecule has 0 amide bonds. The fourth-order valence-corrected chi connectivity index (χ4v) is 2.11. The summed E-state index contributed by atoms with van der Waals surface area (Å²) in [5.41, 5.74) is 0. The summed E-state index contributed by atoms with van der Waals surface area (Å²) in [6.07, 6.45) is 5.32. The zero-order chi connectivity index (χ0) is 9.90. The number of sulfone groups is 1. The predicted octanol–water partition coefficient (Wildman–Crippen LogP) is 1.18. The maximum atomic E-state index is 11.3. The van der Waals surface area contributed by atoms with E-state index in [9.17, 15) is 13.2 Å². The lowest BCUT2D eigenvalue weighted by atomic mass is 9.81. The maximum Gasteiger partial charge on any atom is 0.147 e. The van der Waals surface area contributed by atoms with E-state index in [1.165, 1.54) is 6.26 Å². The average Bonchev–Trinajstić information content (AvgIpc) is 1.79. The standard InChI is InChI=1S/C9H16O3S/c1-13(11,12)7-3-6-9(10)8-4-2-5-8/h8H,2-7H2,1H3. The van der Waals surface area contributed by atoms with Crippen LogP contribution in [0.5, 0.6) is 0 Å². The summed E-state index contributed by atoms with van der Waals surface area (Å²) in [6.45, 7) is 0. The molecule has 1 saturated carbocycles. The van der Waals surface area contributed by atoms with Gasteiger partial charge in [0.1, 0.15) is 15.6 Å². The second-order valence-electron chi connectivity index (χ2n) is 3.83. The Kier molecular flexibility index (Phi) is 3.47. The summed E-state index contributed by atoms with van der Waals surface area (Å²) in [4.78, 5) is 11.3. The second-order valence-corrected chi connectivity index (χ2v) is 6.09. The first-order valence-electron chi connectivity index (χ1n) is 4.69. The summed E-state index contributed by atoms with van der Waals surface area (Å²) in [5, 5.41) is 0. The zero-order valence-electron chi connectivity index (χ0n) is 7.95. The van der Waals surface area contributed by atoms with Crippen LogP contribution in [0.3, 0.4) is 0 Å². The minimum Gasteiger partial charge on any atom is -0.299 e. The number of hydrogen-bond acceptors (Lipinski definition) is 3. The van der Waals surface area contributed by atoms with Crippen LogP contribution in [-0.2, 0) is 14.6 Å². The van der Waals surface area contributed by atoms with Crippen LogP contribution in [0.2, 0.25) is 0 Å². The van der Waals surface area contributed by atoms with E-state index in [-0.39, 0.29) is 17.5 Å². The van der Waals surface area contributed by atoms with E-state index < -0.39 is 9.84 Å². The number of carbonyl (C=O) groups excluding carboxylic acids is 1. The zero-order valence-corrected chi connectivity index (χ0v) is 8.77. The van der Waals surface area contributed by atoms with Crippen LogP contribution in [0.25, 0.3) is 0 Å². The number of Topliss-reactive ketones (excluding diaryl/α,β-unsaturated/α-hetero) is 1. The van der Waals surface area contributed by atoms with Gasteiger partial charge in [-0.05, 0) is 19.3 Å². The van der Waals surface area contributed by atoms with Crippen LogP contribution >= 0.6 is 0 Å². The molecule has 4 heteroatoms. The normalized spacial score (nSPS) is 18.2. The van der Waals surface area contributed by atoms with Crippen molar-refractivity contribution < 1.29 is 13.2 Å². The highest BCUT2D eigenvalue weighted by molar-refractivity contribution is 7.90. The largest absolute Gasteiger partial charge is 0.299 e. The molecule has 0 spiro atoms. The monoisotopic (exact) mass is 204 g/mol. The molecule has 1 aliphatic carbocycles. The quantitative estimate of drug-likeness (QED) is 0.675. The molecule has 0 unspecified atom stereocenters. The molecule has 0 aromatic heterocycles. The number of carbonyl (C=O) groups is 1. The first-order chi connectivity index (χ1) is 5.99. The van der Waals surface area contributed by atoms with Crippen molar-refractivity contribution in [3.8, 4) is 0 Å². The average molecular weight is 204 g/mol. The van der Waals surface area contributed by atoms with Crippen molar-refractivity contribution in [3.63, 3.8) is 0 Å². The fourth-order valence-electron chi connectivity index (χ4n) is 1.44. The van der Waals surface area contributed by atoms with Crippen molar-refractivity contribution in [2.24, 2.45) is 5.92 Å². The molecule has 1 rings (SSSR count). The van der Waals surface area contributed by atoms with Gasteiger partial charge in [-0.1, -0.05) is 6.42 Å². The smallest absolute Gasteiger partial charge is 0.147 e. The molecule has 0 bridgehead atoms. The Morgan fingerprint density at radius 2 is 2.00 bits per heavy atom. The third-order valence-electron chi connectivity index (χ3n) is 2.50. The van der Waals surface area contributed by atoms with Crippen LogP contribution in [0.1, 0.15) is 32.1 Å². The van der Waals surface area contributed by atoms with Gasteiger partial charge < -0.3 is 0 Å². The minimum atomic E-state index is -2.89. The van der Waals surface area contributed by atoms with Gasteiger partial charge in [0, 0.05) is 18.6 Å². The Balaban J connectivity index is 2.15. The summed E-state index contributed by atoms with van der Waals surface area (Å²) >= 11 is 0. The SMILES string of the molecule is CS(=O)(=O)CCCC(=O)C1CCC1. The molecule has 0 saturated heterocycles. The van der Waals surface area contributed by atoms with E-state index in [1.807, 2.05) is 0 Å². The van der Waals surface area contributed by atoms with Gasteiger partial charge in [-0.3, -0.25) is 4.79 Å². The minimum absolute atomic E-state index is 0.144. The van der Waals surface area contributed by atoms with Crippen LogP contribution in [0, 0.1) is 5.92 Å². The van der Waals surface area contributed by atoms with E-state index in [0.29, 0.717) is 12.8 Å². The maximum absolute atomic E-state index is 11.3. The Morgan fingerprint density at radius 1 is 1.38 bits per heavy atom. The molecule has 0 aromatic rings. The highest BCUT2D eigenvalue weighted by atomic mass is 32.2. The van der Waals surface area contributed by atoms with Gasteiger partial charge in [-0.15, -0.1) is 0 Å². The lowest BCUT2D eigenvalue weighted by Gasteiger charge is -2.23. The molecule has 0 aliphatic heterocycles. The van der Waals surface area contributed by atoms with Crippen molar-refractivity contribution in [1.29, 1.82) is 0 Å². The lowest BCUT2D eigenvalue weighted by Crippen LogP contribution is -2.22. The van der Waals surface area contributed by atoms with E-state index in [4.69, 9.17) is 0 Å². The Bertz CT molecular complexity index is 275. The van der Waals surface area contributed by atoms with Crippen molar-refractivity contribution in [1.82, 2.24) is 0 Å². The first kappa shape index (κ1) is 10.7. The molecular formula is C9H16O3S. The Hall–Kier alpha value is -0.380. The van der Waals surface area contributed by atoms with Gasteiger partial charge in [0.25, 0.3) is 0 Å². The summed E-state index contributed by atoms with van der Waals surface area (Å²) < 4.78 is 21.5. The summed E-state index contributed by atoms with van der Waals surface area (Å²) in [7, 11) is -2.89. The molecule has 0 atom stereocenters. The third kappa shape index (κ3) is 3.89. The summed E-state index contributed by atoms with van der Waals surface area (Å²) in [6, 6.07) is 0. The topological polar surface area (TPSA) is 51.2 Å². The highest BCUT2D eigenvalue weighted by Crippen LogP contribution is 2.28. The van der Waals surface area contributed by atoms with E-state index in [0.717, 1.165) is 19.3 Å². The van der Waals surface area contributed by atoms with E-state index in [2.05, 4.69) is 0 Å². The molecule has 13 heavy (non-hydrogen) atoms. The molecule has 0 heterocycles. The molecule has 76 valence electrons. The molecule has 0 N–H and O–H groups in total. The Morgan fingerprint density at radius 3 is 2.38 bits per heavy atom. The van der Waals surface area contributed by atoms with Crippen molar-refractivity contribution >= 4 is 15.6 Å². The number of ketones is 1. The third-order valence-corrected chi connectivity index (χ3v) is 3.53. The lowest BCUT2D eigenvalue weighted by molar-refractivity contribution is -0.125. The fraction of sp³-hybridized carbons (Fsp3) is 0.889. The van der Waals surface area contributed by atoms with Gasteiger partial charge in [0.2, 0.25) is 0 Å². The molecule has 1 aliphatic rings. The van der Waals surface area contributed by atoms with Crippen molar-refractivity contribution in [3.05, 3.63) is 0 Å². The molecule has 0 aromatic carbocycles. The van der Waals surface area contributed by atoms with Crippen LogP contribution in [0.4, 0.5) is 0 Å². The van der Waals surface area contributed by atoms with Gasteiger partial charge in [0.15, 0.2) is 0 Å². The van der Waals surface area contributed by atoms with Gasteiger partial charge in [-0.25, -0.2) is 8.42 Å². The van der Waals surface area contributed by atoms with Crippen LogP contribution in [0.15, 0.2) is 0 Å². The molecule has 1 fully saturated rings. The van der Waals surface area contributed by atoms with Crippen LogP contribution < -0.4 is 0 Å². The summed E-state index contributed by atoms with van der Waals surface area (Å²) in [5.74, 6) is 0.653. The Labute approximate surface area is 79.4 Å². The van der Waals surface area contributed by atoms with Crippen molar-refractivity contribution in [2.45, 2.75) is 32.1 Å². The molecule has 3 nitrogen and oxygen atoms in total. The highest BCUT2D eigenvalue weighted by Gasteiger charge is 2.24. The molecule has 0 radical (unpaired) electrons. The van der Waals surface area contributed by atoms with Crippen LogP contribution in [-0.4, -0.2) is 26.2 Å². The second kappa shape index (κ2) is 4.22. The van der Waals surface area contributed by atoms with Crippen molar-refractivity contribution in [2.75, 3.05) is 12.0 Å². The predicted molar refractivity (Wildman–Crippen MR) is 51.3 cm³/mol. The van der Waals surface area contributed by atoms with Gasteiger partial charge >= 0.3 is 0 Å². The van der Waals surface area contributed by atoms with Gasteiger partial charge in [0.05, 0.1) is 5.75 Å². The molecular weight excluding hydrogens is 188 g/mol. The number of hydrogen-bond donors (Lipinski definition) is 0. The number of rotatable bonds is 5. The first-order valence-corrected chi connectivity index (χ1v) is 6.75. The van der Waals surface area contributed by atoms with E-state index in [1.54, 1.807) is 0 Å². The van der Waals surface area contributed by atoms with E-state index >= 15 is 0 Å². The van der Waals surface area contributed by atoms with Gasteiger partial charge in [-0.2, -0.15) is 0 Å².